The Morgan fingerprint density at radius 1 is 1.09 bits per heavy atom. The summed E-state index contributed by atoms with van der Waals surface area (Å²) in [6.07, 6.45) is 0.720. The molecule has 1 heterocycles. The van der Waals surface area contributed by atoms with Crippen LogP contribution in [0.5, 0.6) is 17.2 Å². The van der Waals surface area contributed by atoms with Gasteiger partial charge >= 0.3 is 0 Å². The molecule has 32 heavy (non-hydrogen) atoms. The summed E-state index contributed by atoms with van der Waals surface area (Å²) in [6, 6.07) is 11.1. The fourth-order valence-corrected chi connectivity index (χ4v) is 4.56. The van der Waals surface area contributed by atoms with Crippen LogP contribution in [-0.2, 0) is 14.8 Å². The van der Waals surface area contributed by atoms with Gasteiger partial charge in [-0.15, -0.1) is 0 Å². The minimum atomic E-state index is -3.95. The van der Waals surface area contributed by atoms with Crippen LogP contribution in [0.1, 0.15) is 25.8 Å². The van der Waals surface area contributed by atoms with Gasteiger partial charge in [0.15, 0.2) is 11.5 Å². The monoisotopic (exact) mass is 462 g/mol. The second-order valence-electron chi connectivity index (χ2n) is 7.91. The van der Waals surface area contributed by atoms with E-state index in [9.17, 15) is 13.2 Å². The summed E-state index contributed by atoms with van der Waals surface area (Å²) < 4.78 is 45.3. The van der Waals surface area contributed by atoms with Crippen molar-refractivity contribution in [3.63, 3.8) is 0 Å². The van der Waals surface area contributed by atoms with Gasteiger partial charge in [0.1, 0.15) is 18.4 Å². The van der Waals surface area contributed by atoms with Crippen molar-refractivity contribution in [1.29, 1.82) is 0 Å². The van der Waals surface area contributed by atoms with E-state index in [0.29, 0.717) is 24.7 Å². The van der Waals surface area contributed by atoms with Crippen molar-refractivity contribution in [1.82, 2.24) is 10.0 Å². The lowest BCUT2D eigenvalue weighted by Gasteiger charge is -2.22. The number of fused-ring (bicyclic) bond motifs is 1. The topological polar surface area (TPSA) is 103 Å². The third-order valence-corrected chi connectivity index (χ3v) is 6.45. The van der Waals surface area contributed by atoms with Crippen LogP contribution in [0.4, 0.5) is 0 Å². The van der Waals surface area contributed by atoms with Crippen LogP contribution in [0.3, 0.4) is 0 Å². The van der Waals surface area contributed by atoms with Crippen LogP contribution in [0, 0.1) is 12.8 Å². The first-order valence-electron chi connectivity index (χ1n) is 10.7. The smallest absolute Gasteiger partial charge is 0.241 e. The van der Waals surface area contributed by atoms with Crippen molar-refractivity contribution >= 4 is 15.9 Å². The first kappa shape index (κ1) is 23.9. The highest BCUT2D eigenvalue weighted by Gasteiger charge is 2.29. The van der Waals surface area contributed by atoms with Crippen LogP contribution >= 0.6 is 0 Å². The largest absolute Gasteiger partial charge is 0.491 e. The fraction of sp³-hybridized carbons (Fsp3) is 0.435. The van der Waals surface area contributed by atoms with E-state index in [0.717, 1.165) is 17.7 Å². The highest BCUT2D eigenvalue weighted by Crippen LogP contribution is 2.32. The van der Waals surface area contributed by atoms with Crippen LogP contribution in [0.15, 0.2) is 47.4 Å². The summed E-state index contributed by atoms with van der Waals surface area (Å²) in [6.45, 7) is 7.00. The summed E-state index contributed by atoms with van der Waals surface area (Å²) in [7, 11) is -3.95. The lowest BCUT2D eigenvalue weighted by atomic mass is 10.1. The highest BCUT2D eigenvalue weighted by molar-refractivity contribution is 7.89. The summed E-state index contributed by atoms with van der Waals surface area (Å²) in [4.78, 5) is 12.7. The molecule has 0 fully saturated rings. The van der Waals surface area contributed by atoms with Gasteiger partial charge in [0.2, 0.25) is 15.9 Å². The maximum absolute atomic E-state index is 13.0. The van der Waals surface area contributed by atoms with E-state index in [1.807, 2.05) is 31.2 Å². The van der Waals surface area contributed by atoms with Gasteiger partial charge in [0.25, 0.3) is 0 Å². The van der Waals surface area contributed by atoms with Gasteiger partial charge in [-0.1, -0.05) is 32.0 Å². The Morgan fingerprint density at radius 3 is 2.53 bits per heavy atom. The van der Waals surface area contributed by atoms with Gasteiger partial charge in [0, 0.05) is 12.5 Å². The average Bonchev–Trinajstić information content (AvgIpc) is 3.01. The van der Waals surface area contributed by atoms with Crippen LogP contribution < -0.4 is 24.2 Å². The summed E-state index contributed by atoms with van der Waals surface area (Å²) in [5, 5.41) is 2.75. The quantitative estimate of drug-likeness (QED) is 0.556. The molecule has 8 nitrogen and oxygen atoms in total. The molecule has 174 valence electrons. The second-order valence-corrected chi connectivity index (χ2v) is 9.62. The molecule has 1 aliphatic heterocycles. The molecular weight excluding hydrogens is 432 g/mol. The molecule has 1 aliphatic rings. The molecule has 0 saturated carbocycles. The number of para-hydroxylation sites is 1. The number of amides is 1. The normalized spacial score (nSPS) is 14.5. The standard InChI is InChI=1S/C23H30N2O6S/c1-16(2)22(23(26)24-11-14-31-19-8-5-4-7-17(19)3)25-32(27,28)18-9-10-20-21(15-18)30-13-6-12-29-20/h4-5,7-10,15-16,22,25H,6,11-14H2,1-3H3,(H,24,26). The molecule has 2 N–H and O–H groups in total. The number of hydrogen-bond acceptors (Lipinski definition) is 6. The number of carbonyl (C=O) groups excluding carboxylic acids is 1. The average molecular weight is 463 g/mol. The molecule has 0 bridgehead atoms. The van der Waals surface area contributed by atoms with E-state index < -0.39 is 22.0 Å². The lowest BCUT2D eigenvalue weighted by molar-refractivity contribution is -0.123. The molecule has 1 unspecified atom stereocenters. The van der Waals surface area contributed by atoms with Crippen molar-refractivity contribution < 1.29 is 27.4 Å². The zero-order valence-corrected chi connectivity index (χ0v) is 19.4. The van der Waals surface area contributed by atoms with Crippen molar-refractivity contribution in [2.75, 3.05) is 26.4 Å². The Bertz CT molecular complexity index is 1040. The third kappa shape index (κ3) is 6.14. The fourth-order valence-electron chi connectivity index (χ4n) is 3.20. The molecule has 0 aromatic heterocycles. The predicted octanol–water partition coefficient (Wildman–Crippen LogP) is 2.65. The molecule has 1 amide bonds. The van der Waals surface area contributed by atoms with Crippen molar-refractivity contribution in [2.45, 2.75) is 38.1 Å². The molecule has 2 aromatic carbocycles. The number of aryl methyl sites for hydroxylation is 1. The van der Waals surface area contributed by atoms with Gasteiger partial charge in [-0.25, -0.2) is 8.42 Å². The lowest BCUT2D eigenvalue weighted by Crippen LogP contribution is -2.50. The highest BCUT2D eigenvalue weighted by atomic mass is 32.2. The minimum Gasteiger partial charge on any atom is -0.491 e. The molecular formula is C23H30N2O6S. The molecule has 0 radical (unpaired) electrons. The Kier molecular flexibility index (Phi) is 7.98. The molecule has 9 heteroatoms. The maximum atomic E-state index is 13.0. The molecule has 0 saturated heterocycles. The van der Waals surface area contributed by atoms with E-state index in [1.165, 1.54) is 12.1 Å². The second kappa shape index (κ2) is 10.7. The third-order valence-electron chi connectivity index (χ3n) is 5.01. The zero-order valence-electron chi connectivity index (χ0n) is 18.6. The molecule has 0 aliphatic carbocycles. The van der Waals surface area contributed by atoms with Gasteiger partial charge in [-0.3, -0.25) is 4.79 Å². The first-order valence-corrected chi connectivity index (χ1v) is 12.1. The van der Waals surface area contributed by atoms with Crippen LogP contribution in [0.25, 0.3) is 0 Å². The molecule has 2 aromatic rings. The number of ether oxygens (including phenoxy) is 3. The Balaban J connectivity index is 1.61. The molecule has 3 rings (SSSR count). The first-order chi connectivity index (χ1) is 15.3. The van der Waals surface area contributed by atoms with Crippen LogP contribution in [0.2, 0.25) is 0 Å². The zero-order chi connectivity index (χ0) is 23.1. The summed E-state index contributed by atoms with van der Waals surface area (Å²) >= 11 is 0. The molecule has 1 atom stereocenters. The Morgan fingerprint density at radius 2 is 1.81 bits per heavy atom. The predicted molar refractivity (Wildman–Crippen MR) is 121 cm³/mol. The number of sulfonamides is 1. The van der Waals surface area contributed by atoms with E-state index in [-0.39, 0.29) is 24.0 Å². The number of hydrogen-bond donors (Lipinski definition) is 2. The Labute approximate surface area is 189 Å². The number of carbonyl (C=O) groups is 1. The minimum absolute atomic E-state index is 0.0167. The van der Waals surface area contributed by atoms with E-state index in [2.05, 4.69) is 10.0 Å². The SMILES string of the molecule is Cc1ccccc1OCCNC(=O)C(NS(=O)(=O)c1ccc2c(c1)OCCCO2)C(C)C. The van der Waals surface area contributed by atoms with Gasteiger partial charge in [0.05, 0.1) is 24.7 Å². The number of nitrogens with one attached hydrogen (secondary N) is 2. The summed E-state index contributed by atoms with van der Waals surface area (Å²) in [5.74, 6) is 0.962. The van der Waals surface area contributed by atoms with E-state index >= 15 is 0 Å². The Hall–Kier alpha value is -2.78. The van der Waals surface area contributed by atoms with E-state index in [1.54, 1.807) is 19.9 Å². The van der Waals surface area contributed by atoms with Gasteiger partial charge in [-0.05, 0) is 36.6 Å². The van der Waals surface area contributed by atoms with Crippen LogP contribution in [-0.4, -0.2) is 46.7 Å². The van der Waals surface area contributed by atoms with Crippen molar-refractivity contribution in [3.05, 3.63) is 48.0 Å². The maximum Gasteiger partial charge on any atom is 0.241 e. The number of benzene rings is 2. The van der Waals surface area contributed by atoms with Gasteiger partial charge < -0.3 is 19.5 Å². The molecule has 0 spiro atoms. The van der Waals surface area contributed by atoms with Crippen molar-refractivity contribution in [3.8, 4) is 17.2 Å². The van der Waals surface area contributed by atoms with Gasteiger partial charge in [-0.2, -0.15) is 4.72 Å². The van der Waals surface area contributed by atoms with Crippen molar-refractivity contribution in [2.24, 2.45) is 5.92 Å². The van der Waals surface area contributed by atoms with E-state index in [4.69, 9.17) is 14.2 Å². The number of rotatable bonds is 9. The summed E-state index contributed by atoms with van der Waals surface area (Å²) in [5.41, 5.74) is 1.00.